The first-order valence-electron chi connectivity index (χ1n) is 9.37. The van der Waals surface area contributed by atoms with Gasteiger partial charge in [0.05, 0.1) is 23.6 Å². The molecule has 3 heterocycles. The van der Waals surface area contributed by atoms with Gasteiger partial charge >= 0.3 is 0 Å². The summed E-state index contributed by atoms with van der Waals surface area (Å²) in [5.74, 6) is 1.47. The van der Waals surface area contributed by atoms with Gasteiger partial charge in [0, 0.05) is 30.5 Å². The molecule has 0 unspecified atom stereocenters. The van der Waals surface area contributed by atoms with E-state index in [1.165, 1.54) is 22.5 Å². The van der Waals surface area contributed by atoms with E-state index in [0.29, 0.717) is 5.92 Å². The van der Waals surface area contributed by atoms with Gasteiger partial charge in [-0.05, 0) is 44.0 Å². The van der Waals surface area contributed by atoms with Crippen molar-refractivity contribution in [2.24, 2.45) is 0 Å². The molecule has 134 valence electrons. The average Bonchev–Trinajstić information content (AvgIpc) is 2.98. The van der Waals surface area contributed by atoms with Crippen LogP contribution in [-0.2, 0) is 13.1 Å². The summed E-state index contributed by atoms with van der Waals surface area (Å²) in [6.07, 6.45) is 1.88. The fourth-order valence-corrected chi connectivity index (χ4v) is 3.82. The van der Waals surface area contributed by atoms with Crippen LogP contribution in [0.5, 0.6) is 0 Å². The topological polar surface area (TPSA) is 34.0 Å². The average molecular weight is 346 g/mol. The second kappa shape index (κ2) is 6.60. The number of fused-ring (bicyclic) bond motifs is 1. The molecule has 0 spiro atoms. The molecule has 0 bridgehead atoms. The first-order valence-corrected chi connectivity index (χ1v) is 9.37. The molecule has 0 fully saturated rings. The van der Waals surface area contributed by atoms with Gasteiger partial charge < -0.3 is 9.47 Å². The molecule has 4 nitrogen and oxygen atoms in total. The number of pyridine rings is 1. The Bertz CT molecular complexity index is 922. The van der Waals surface area contributed by atoms with Crippen LogP contribution >= 0.6 is 0 Å². The van der Waals surface area contributed by atoms with Crippen LogP contribution in [0.2, 0.25) is 0 Å². The van der Waals surface area contributed by atoms with Gasteiger partial charge in [0.1, 0.15) is 5.82 Å². The standard InChI is InChI=1S/C22H26N4/c1-15(2)21-19(6-5-11-23-21)22-20-14-25(12-13-26(20)17(4)24-22)18-9-7-16(3)8-10-18/h5-11,15H,12-14H2,1-4H3. The first-order chi connectivity index (χ1) is 12.5. The summed E-state index contributed by atoms with van der Waals surface area (Å²) in [5, 5.41) is 0. The summed E-state index contributed by atoms with van der Waals surface area (Å²) >= 11 is 0. The van der Waals surface area contributed by atoms with E-state index in [-0.39, 0.29) is 0 Å². The highest BCUT2D eigenvalue weighted by molar-refractivity contribution is 5.67. The van der Waals surface area contributed by atoms with Crippen LogP contribution in [0.3, 0.4) is 0 Å². The Balaban J connectivity index is 1.76. The number of aromatic nitrogens is 3. The van der Waals surface area contributed by atoms with E-state index >= 15 is 0 Å². The molecule has 4 rings (SSSR count). The molecule has 2 aromatic heterocycles. The van der Waals surface area contributed by atoms with Crippen LogP contribution in [0, 0.1) is 13.8 Å². The second-order valence-electron chi connectivity index (χ2n) is 7.45. The zero-order chi connectivity index (χ0) is 18.3. The molecular weight excluding hydrogens is 320 g/mol. The Morgan fingerprint density at radius 2 is 1.77 bits per heavy atom. The summed E-state index contributed by atoms with van der Waals surface area (Å²) < 4.78 is 2.37. The van der Waals surface area contributed by atoms with Crippen LogP contribution in [-0.4, -0.2) is 21.1 Å². The highest BCUT2D eigenvalue weighted by Gasteiger charge is 2.25. The lowest BCUT2D eigenvalue weighted by molar-refractivity contribution is 0.560. The molecule has 1 aliphatic heterocycles. The number of nitrogens with zero attached hydrogens (tertiary/aromatic N) is 4. The summed E-state index contributed by atoms with van der Waals surface area (Å²) in [4.78, 5) is 12.0. The zero-order valence-electron chi connectivity index (χ0n) is 16.0. The fraction of sp³-hybridized carbons (Fsp3) is 0.364. The number of hydrogen-bond acceptors (Lipinski definition) is 3. The Morgan fingerprint density at radius 1 is 1.00 bits per heavy atom. The Morgan fingerprint density at radius 3 is 2.50 bits per heavy atom. The van der Waals surface area contributed by atoms with Gasteiger partial charge in [-0.15, -0.1) is 0 Å². The lowest BCUT2D eigenvalue weighted by Gasteiger charge is -2.31. The molecule has 0 N–H and O–H groups in total. The van der Waals surface area contributed by atoms with Crippen molar-refractivity contribution in [1.29, 1.82) is 0 Å². The predicted molar refractivity (Wildman–Crippen MR) is 107 cm³/mol. The van der Waals surface area contributed by atoms with Crippen LogP contribution in [0.25, 0.3) is 11.3 Å². The Labute approximate surface area is 155 Å². The zero-order valence-corrected chi connectivity index (χ0v) is 16.0. The van der Waals surface area contributed by atoms with E-state index in [9.17, 15) is 0 Å². The number of aryl methyl sites for hydroxylation is 2. The third-order valence-electron chi connectivity index (χ3n) is 5.24. The molecule has 0 saturated carbocycles. The maximum absolute atomic E-state index is 4.94. The molecule has 26 heavy (non-hydrogen) atoms. The van der Waals surface area contributed by atoms with Gasteiger partial charge in [0.15, 0.2) is 0 Å². The van der Waals surface area contributed by atoms with E-state index in [4.69, 9.17) is 4.98 Å². The van der Waals surface area contributed by atoms with Crippen molar-refractivity contribution >= 4 is 5.69 Å². The van der Waals surface area contributed by atoms with Gasteiger partial charge in [0.25, 0.3) is 0 Å². The fourth-order valence-electron chi connectivity index (χ4n) is 3.82. The van der Waals surface area contributed by atoms with Gasteiger partial charge in [-0.25, -0.2) is 4.98 Å². The quantitative estimate of drug-likeness (QED) is 0.689. The van der Waals surface area contributed by atoms with Crippen molar-refractivity contribution in [3.8, 4) is 11.3 Å². The lowest BCUT2D eigenvalue weighted by Crippen LogP contribution is -2.34. The molecular formula is C22H26N4. The normalized spacial score (nSPS) is 14.0. The molecule has 0 atom stereocenters. The van der Waals surface area contributed by atoms with Gasteiger partial charge in [-0.1, -0.05) is 31.5 Å². The van der Waals surface area contributed by atoms with E-state index in [2.05, 4.69) is 72.5 Å². The smallest absolute Gasteiger partial charge is 0.106 e. The summed E-state index contributed by atoms with van der Waals surface area (Å²) in [5.41, 5.74) is 7.26. The molecule has 0 aliphatic carbocycles. The molecule has 0 amide bonds. The van der Waals surface area contributed by atoms with E-state index in [1.807, 2.05) is 12.3 Å². The summed E-state index contributed by atoms with van der Waals surface area (Å²) in [7, 11) is 0. The molecule has 4 heteroatoms. The molecule has 1 aromatic carbocycles. The highest BCUT2D eigenvalue weighted by Crippen LogP contribution is 2.33. The Hall–Kier alpha value is -2.62. The Kier molecular flexibility index (Phi) is 4.27. The number of anilines is 1. The third kappa shape index (κ3) is 2.90. The van der Waals surface area contributed by atoms with Crippen molar-refractivity contribution in [2.75, 3.05) is 11.4 Å². The summed E-state index contributed by atoms with van der Waals surface area (Å²) in [6, 6.07) is 13.0. The van der Waals surface area contributed by atoms with Crippen molar-refractivity contribution in [1.82, 2.24) is 14.5 Å². The SMILES string of the molecule is Cc1ccc(N2CCn3c(C)nc(-c4cccnc4C(C)C)c3C2)cc1. The van der Waals surface area contributed by atoms with Crippen molar-refractivity contribution < 1.29 is 0 Å². The van der Waals surface area contributed by atoms with Gasteiger partial charge in [-0.3, -0.25) is 4.98 Å². The van der Waals surface area contributed by atoms with Crippen molar-refractivity contribution in [2.45, 2.75) is 46.7 Å². The third-order valence-corrected chi connectivity index (χ3v) is 5.24. The first kappa shape index (κ1) is 16.8. The lowest BCUT2D eigenvalue weighted by atomic mass is 10.00. The van der Waals surface area contributed by atoms with E-state index in [0.717, 1.165) is 36.8 Å². The van der Waals surface area contributed by atoms with Crippen LogP contribution in [0.15, 0.2) is 42.6 Å². The van der Waals surface area contributed by atoms with Crippen LogP contribution in [0.4, 0.5) is 5.69 Å². The van der Waals surface area contributed by atoms with Gasteiger partial charge in [0.2, 0.25) is 0 Å². The van der Waals surface area contributed by atoms with E-state index < -0.39 is 0 Å². The minimum absolute atomic E-state index is 0.376. The molecule has 0 radical (unpaired) electrons. The van der Waals surface area contributed by atoms with Gasteiger partial charge in [-0.2, -0.15) is 0 Å². The predicted octanol–water partition coefficient (Wildman–Crippen LogP) is 4.71. The largest absolute Gasteiger partial charge is 0.364 e. The molecule has 0 saturated heterocycles. The van der Waals surface area contributed by atoms with Crippen LogP contribution < -0.4 is 4.90 Å². The number of rotatable bonds is 3. The van der Waals surface area contributed by atoms with E-state index in [1.54, 1.807) is 0 Å². The monoisotopic (exact) mass is 346 g/mol. The molecule has 1 aliphatic rings. The number of benzene rings is 1. The summed E-state index contributed by atoms with van der Waals surface area (Å²) in [6.45, 7) is 11.5. The number of hydrogen-bond donors (Lipinski definition) is 0. The van der Waals surface area contributed by atoms with Crippen molar-refractivity contribution in [3.63, 3.8) is 0 Å². The highest BCUT2D eigenvalue weighted by atomic mass is 15.2. The van der Waals surface area contributed by atoms with Crippen molar-refractivity contribution in [3.05, 3.63) is 65.4 Å². The second-order valence-corrected chi connectivity index (χ2v) is 7.45. The maximum Gasteiger partial charge on any atom is 0.106 e. The molecule has 3 aromatic rings. The van der Waals surface area contributed by atoms with Crippen LogP contribution in [0.1, 0.15) is 42.5 Å². The minimum Gasteiger partial charge on any atom is -0.364 e. The number of imidazole rings is 1. The minimum atomic E-state index is 0.376. The maximum atomic E-state index is 4.94.